The van der Waals surface area contributed by atoms with Gasteiger partial charge in [0.2, 0.25) is 0 Å². The third-order valence-electron chi connectivity index (χ3n) is 3.19. The Labute approximate surface area is 106 Å². The Bertz CT molecular complexity index is 455. The van der Waals surface area contributed by atoms with E-state index in [0.29, 0.717) is 18.7 Å². The van der Waals surface area contributed by atoms with Gasteiger partial charge in [-0.15, -0.1) is 0 Å². The van der Waals surface area contributed by atoms with Crippen LogP contribution in [0.4, 0.5) is 0 Å². The van der Waals surface area contributed by atoms with Crippen molar-refractivity contribution in [2.75, 3.05) is 20.2 Å². The Morgan fingerprint density at radius 3 is 2.89 bits per heavy atom. The van der Waals surface area contributed by atoms with Crippen LogP contribution < -0.4 is 0 Å². The third-order valence-corrected chi connectivity index (χ3v) is 3.19. The Morgan fingerprint density at radius 1 is 1.50 bits per heavy atom. The van der Waals surface area contributed by atoms with E-state index in [1.165, 1.54) is 7.11 Å². The van der Waals surface area contributed by atoms with Crippen LogP contribution >= 0.6 is 0 Å². The van der Waals surface area contributed by atoms with E-state index < -0.39 is 0 Å². The van der Waals surface area contributed by atoms with Crippen molar-refractivity contribution < 1.29 is 14.3 Å². The minimum absolute atomic E-state index is 0.0725. The van der Waals surface area contributed by atoms with E-state index in [1.807, 2.05) is 0 Å². The van der Waals surface area contributed by atoms with Crippen LogP contribution in [0.15, 0.2) is 12.4 Å². The van der Waals surface area contributed by atoms with E-state index in [-0.39, 0.29) is 17.8 Å². The molecule has 1 fully saturated rings. The first-order valence-corrected chi connectivity index (χ1v) is 5.97. The lowest BCUT2D eigenvalue weighted by molar-refractivity contribution is -0.146. The fourth-order valence-electron chi connectivity index (χ4n) is 2.23. The first kappa shape index (κ1) is 12.6. The third kappa shape index (κ3) is 2.52. The molecule has 1 saturated heterocycles. The number of aryl methyl sites for hydroxylation is 1. The van der Waals surface area contributed by atoms with Crippen molar-refractivity contribution in [1.82, 2.24) is 14.7 Å². The summed E-state index contributed by atoms with van der Waals surface area (Å²) < 4.78 is 6.33. The molecule has 1 atom stereocenters. The highest BCUT2D eigenvalue weighted by atomic mass is 16.5. The maximum Gasteiger partial charge on any atom is 0.310 e. The second-order valence-corrected chi connectivity index (χ2v) is 4.52. The molecular formula is C12H17N3O3. The summed E-state index contributed by atoms with van der Waals surface area (Å²) in [6.45, 7) is 1.11. The molecule has 98 valence electrons. The number of likely N-dealkylation sites (tertiary alicyclic amines) is 1. The van der Waals surface area contributed by atoms with Gasteiger partial charge in [0.15, 0.2) is 0 Å². The summed E-state index contributed by atoms with van der Waals surface area (Å²) in [4.78, 5) is 25.4. The van der Waals surface area contributed by atoms with Crippen LogP contribution in [-0.4, -0.2) is 46.8 Å². The number of ether oxygens (including phenoxy) is 1. The van der Waals surface area contributed by atoms with E-state index in [9.17, 15) is 9.59 Å². The van der Waals surface area contributed by atoms with Gasteiger partial charge in [-0.2, -0.15) is 5.10 Å². The van der Waals surface area contributed by atoms with E-state index in [2.05, 4.69) is 5.10 Å². The molecule has 0 radical (unpaired) electrons. The van der Waals surface area contributed by atoms with Crippen LogP contribution in [0.1, 0.15) is 23.2 Å². The summed E-state index contributed by atoms with van der Waals surface area (Å²) in [5.41, 5.74) is 0.558. The number of hydrogen-bond donors (Lipinski definition) is 0. The molecule has 1 aliphatic rings. The topological polar surface area (TPSA) is 64.4 Å². The number of piperidine rings is 1. The molecule has 1 aromatic heterocycles. The Hall–Kier alpha value is -1.85. The van der Waals surface area contributed by atoms with E-state index >= 15 is 0 Å². The number of hydrogen-bond acceptors (Lipinski definition) is 4. The molecule has 0 aromatic carbocycles. The van der Waals surface area contributed by atoms with Crippen molar-refractivity contribution in [2.45, 2.75) is 12.8 Å². The van der Waals surface area contributed by atoms with Crippen molar-refractivity contribution in [3.63, 3.8) is 0 Å². The van der Waals surface area contributed by atoms with E-state index in [0.717, 1.165) is 12.8 Å². The van der Waals surface area contributed by atoms with Crippen LogP contribution in [0.3, 0.4) is 0 Å². The second-order valence-electron chi connectivity index (χ2n) is 4.52. The fourth-order valence-corrected chi connectivity index (χ4v) is 2.23. The Balaban J connectivity index is 2.05. The first-order valence-electron chi connectivity index (χ1n) is 5.97. The molecule has 18 heavy (non-hydrogen) atoms. The normalized spacial score (nSPS) is 19.7. The second kappa shape index (κ2) is 5.20. The average Bonchev–Trinajstić information content (AvgIpc) is 2.83. The molecule has 0 bridgehead atoms. The first-order chi connectivity index (χ1) is 8.61. The van der Waals surface area contributed by atoms with Crippen LogP contribution in [0.25, 0.3) is 0 Å². The molecular weight excluding hydrogens is 234 g/mol. The number of aromatic nitrogens is 2. The molecule has 0 saturated carbocycles. The van der Waals surface area contributed by atoms with Crippen molar-refractivity contribution in [2.24, 2.45) is 13.0 Å². The van der Waals surface area contributed by atoms with Gasteiger partial charge in [-0.1, -0.05) is 0 Å². The highest BCUT2D eigenvalue weighted by Crippen LogP contribution is 2.19. The van der Waals surface area contributed by atoms with Gasteiger partial charge in [-0.3, -0.25) is 14.3 Å². The van der Waals surface area contributed by atoms with Crippen LogP contribution in [-0.2, 0) is 16.6 Å². The van der Waals surface area contributed by atoms with Gasteiger partial charge in [-0.25, -0.2) is 0 Å². The maximum absolute atomic E-state index is 12.2. The fraction of sp³-hybridized carbons (Fsp3) is 0.583. The van der Waals surface area contributed by atoms with Crippen molar-refractivity contribution >= 4 is 11.9 Å². The number of carbonyl (C=O) groups is 2. The molecule has 6 nitrogen and oxygen atoms in total. The number of nitrogens with zero attached hydrogens (tertiary/aromatic N) is 3. The lowest BCUT2D eigenvalue weighted by Crippen LogP contribution is -2.42. The molecule has 2 heterocycles. The highest BCUT2D eigenvalue weighted by molar-refractivity contribution is 5.94. The Kier molecular flexibility index (Phi) is 3.64. The predicted octanol–water partition coefficient (Wildman–Crippen LogP) is 0.445. The molecule has 2 rings (SSSR count). The van der Waals surface area contributed by atoms with Gasteiger partial charge in [0.05, 0.1) is 24.8 Å². The maximum atomic E-state index is 12.2. The van der Waals surface area contributed by atoms with Gasteiger partial charge < -0.3 is 9.64 Å². The van der Waals surface area contributed by atoms with Crippen LogP contribution in [0.5, 0.6) is 0 Å². The summed E-state index contributed by atoms with van der Waals surface area (Å²) in [6.07, 6.45) is 4.84. The molecule has 1 amide bonds. The highest BCUT2D eigenvalue weighted by Gasteiger charge is 2.29. The zero-order valence-corrected chi connectivity index (χ0v) is 10.6. The molecule has 0 aliphatic carbocycles. The number of carbonyl (C=O) groups excluding carboxylic acids is 2. The molecule has 0 N–H and O–H groups in total. The summed E-state index contributed by atoms with van der Waals surface area (Å²) in [6, 6.07) is 0. The lowest BCUT2D eigenvalue weighted by Gasteiger charge is -2.31. The summed E-state index contributed by atoms with van der Waals surface area (Å²) in [7, 11) is 3.15. The molecule has 1 aromatic rings. The minimum Gasteiger partial charge on any atom is -0.469 e. The smallest absolute Gasteiger partial charge is 0.310 e. The molecule has 0 spiro atoms. The number of methoxy groups -OCH3 is 1. The summed E-state index contributed by atoms with van der Waals surface area (Å²) in [5, 5.41) is 3.98. The van der Waals surface area contributed by atoms with E-state index in [1.54, 1.807) is 29.0 Å². The predicted molar refractivity (Wildman–Crippen MR) is 63.9 cm³/mol. The molecule has 0 unspecified atom stereocenters. The zero-order valence-electron chi connectivity index (χ0n) is 10.6. The van der Waals surface area contributed by atoms with Gasteiger partial charge in [0, 0.05) is 26.3 Å². The standard InChI is InChI=1S/C12H17N3O3/c1-14-7-10(6-13-14)11(16)15-5-3-4-9(8-15)12(17)18-2/h6-7,9H,3-5,8H2,1-2H3/t9-/m0/s1. The van der Waals surface area contributed by atoms with Crippen molar-refractivity contribution in [3.8, 4) is 0 Å². The molecule has 6 heteroatoms. The van der Waals surface area contributed by atoms with Crippen molar-refractivity contribution in [3.05, 3.63) is 18.0 Å². The van der Waals surface area contributed by atoms with Gasteiger partial charge in [0.1, 0.15) is 0 Å². The molecule has 1 aliphatic heterocycles. The van der Waals surface area contributed by atoms with Crippen LogP contribution in [0.2, 0.25) is 0 Å². The quantitative estimate of drug-likeness (QED) is 0.716. The number of esters is 1. The SMILES string of the molecule is COC(=O)[C@H]1CCCN(C(=O)c2cnn(C)c2)C1. The Morgan fingerprint density at radius 2 is 2.28 bits per heavy atom. The largest absolute Gasteiger partial charge is 0.469 e. The lowest BCUT2D eigenvalue weighted by atomic mass is 9.98. The van der Waals surface area contributed by atoms with Crippen molar-refractivity contribution in [1.29, 1.82) is 0 Å². The summed E-state index contributed by atoms with van der Waals surface area (Å²) in [5.74, 6) is -0.514. The van der Waals surface area contributed by atoms with Gasteiger partial charge in [0.25, 0.3) is 5.91 Å². The van der Waals surface area contributed by atoms with Gasteiger partial charge >= 0.3 is 5.97 Å². The average molecular weight is 251 g/mol. The summed E-state index contributed by atoms with van der Waals surface area (Å²) >= 11 is 0. The number of amides is 1. The van der Waals surface area contributed by atoms with E-state index in [4.69, 9.17) is 4.74 Å². The van der Waals surface area contributed by atoms with Crippen LogP contribution in [0, 0.1) is 5.92 Å². The number of rotatable bonds is 2. The zero-order chi connectivity index (χ0) is 13.1. The van der Waals surface area contributed by atoms with Gasteiger partial charge in [-0.05, 0) is 12.8 Å². The monoisotopic (exact) mass is 251 g/mol. The minimum atomic E-state index is -0.237.